The number of aromatic nitrogens is 2. The van der Waals surface area contributed by atoms with Crippen LogP contribution in [0.25, 0.3) is 6.08 Å². The van der Waals surface area contributed by atoms with Gasteiger partial charge in [-0.1, -0.05) is 48.5 Å². The number of piperazine rings is 1. The van der Waals surface area contributed by atoms with E-state index < -0.39 is 0 Å². The molecule has 3 aromatic rings. The standard InChI is InChI=1S/C23H23N5O/c29-22(12-11-19-7-3-1-4-8-19)26-20-17-24-23(25-18-20)28-15-13-27(14-16-28)21-9-5-2-6-10-21/h1-12,17-18H,13-16H2,(H,26,29)/b12-11+. The number of hydrogen-bond acceptors (Lipinski definition) is 5. The van der Waals surface area contributed by atoms with Crippen molar-refractivity contribution in [2.75, 3.05) is 41.3 Å². The maximum absolute atomic E-state index is 12.1. The van der Waals surface area contributed by atoms with Gasteiger partial charge in [-0.3, -0.25) is 4.79 Å². The van der Waals surface area contributed by atoms with Crippen LogP contribution in [-0.2, 0) is 4.79 Å². The van der Waals surface area contributed by atoms with Crippen molar-refractivity contribution in [2.45, 2.75) is 0 Å². The minimum absolute atomic E-state index is 0.207. The molecule has 0 bridgehead atoms. The summed E-state index contributed by atoms with van der Waals surface area (Å²) in [5.41, 5.74) is 2.80. The third-order valence-corrected chi connectivity index (χ3v) is 4.82. The van der Waals surface area contributed by atoms with Crippen LogP contribution in [0.3, 0.4) is 0 Å². The second-order valence-electron chi connectivity index (χ2n) is 6.81. The molecule has 2 aromatic carbocycles. The number of amides is 1. The SMILES string of the molecule is O=C(/C=C/c1ccccc1)Nc1cnc(N2CCN(c3ccccc3)CC2)nc1. The monoisotopic (exact) mass is 385 g/mol. The van der Waals surface area contributed by atoms with Crippen LogP contribution in [0.4, 0.5) is 17.3 Å². The van der Waals surface area contributed by atoms with Crippen LogP contribution in [-0.4, -0.2) is 42.1 Å². The quantitative estimate of drug-likeness (QED) is 0.682. The van der Waals surface area contributed by atoms with Gasteiger partial charge in [0.05, 0.1) is 18.1 Å². The van der Waals surface area contributed by atoms with Gasteiger partial charge in [0.2, 0.25) is 11.9 Å². The minimum atomic E-state index is -0.207. The van der Waals surface area contributed by atoms with Crippen molar-refractivity contribution < 1.29 is 4.79 Å². The van der Waals surface area contributed by atoms with E-state index in [0.717, 1.165) is 31.7 Å². The van der Waals surface area contributed by atoms with Crippen LogP contribution >= 0.6 is 0 Å². The van der Waals surface area contributed by atoms with Crippen molar-refractivity contribution in [1.29, 1.82) is 0 Å². The number of hydrogen-bond donors (Lipinski definition) is 1. The molecule has 1 saturated heterocycles. The minimum Gasteiger partial charge on any atom is -0.368 e. The average molecular weight is 385 g/mol. The normalized spacial score (nSPS) is 14.2. The number of carbonyl (C=O) groups excluding carboxylic acids is 1. The molecular formula is C23H23N5O. The predicted molar refractivity (Wildman–Crippen MR) is 117 cm³/mol. The van der Waals surface area contributed by atoms with Crippen LogP contribution in [0, 0.1) is 0 Å². The highest BCUT2D eigenvalue weighted by Gasteiger charge is 2.19. The van der Waals surface area contributed by atoms with Gasteiger partial charge in [-0.15, -0.1) is 0 Å². The van der Waals surface area contributed by atoms with E-state index in [1.165, 1.54) is 11.8 Å². The molecule has 146 valence electrons. The Morgan fingerprint density at radius 1 is 0.828 bits per heavy atom. The first-order valence-corrected chi connectivity index (χ1v) is 9.69. The molecule has 1 N–H and O–H groups in total. The number of rotatable bonds is 5. The van der Waals surface area contributed by atoms with Gasteiger partial charge in [-0.25, -0.2) is 9.97 Å². The fraction of sp³-hybridized carbons (Fsp3) is 0.174. The molecule has 1 aliphatic heterocycles. The lowest BCUT2D eigenvalue weighted by molar-refractivity contribution is -0.111. The fourth-order valence-electron chi connectivity index (χ4n) is 3.27. The van der Waals surface area contributed by atoms with Crippen molar-refractivity contribution in [3.05, 3.63) is 84.7 Å². The molecule has 1 amide bonds. The van der Waals surface area contributed by atoms with Crippen molar-refractivity contribution in [3.8, 4) is 0 Å². The molecule has 1 aromatic heterocycles. The molecule has 2 heterocycles. The number of para-hydroxylation sites is 1. The van der Waals surface area contributed by atoms with E-state index in [-0.39, 0.29) is 5.91 Å². The molecule has 1 aliphatic rings. The molecule has 6 nitrogen and oxygen atoms in total. The van der Waals surface area contributed by atoms with Gasteiger partial charge < -0.3 is 15.1 Å². The highest BCUT2D eigenvalue weighted by atomic mass is 16.1. The zero-order chi connectivity index (χ0) is 19.9. The number of nitrogens with one attached hydrogen (secondary N) is 1. The van der Waals surface area contributed by atoms with E-state index in [9.17, 15) is 4.79 Å². The smallest absolute Gasteiger partial charge is 0.248 e. The summed E-state index contributed by atoms with van der Waals surface area (Å²) >= 11 is 0. The molecule has 29 heavy (non-hydrogen) atoms. The van der Waals surface area contributed by atoms with Gasteiger partial charge in [-0.2, -0.15) is 0 Å². The molecule has 0 atom stereocenters. The summed E-state index contributed by atoms with van der Waals surface area (Å²) in [4.78, 5) is 25.5. The first-order valence-electron chi connectivity index (χ1n) is 9.69. The Morgan fingerprint density at radius 2 is 1.41 bits per heavy atom. The summed E-state index contributed by atoms with van der Waals surface area (Å²) in [6.07, 6.45) is 6.59. The number of anilines is 3. The third kappa shape index (κ3) is 4.99. The van der Waals surface area contributed by atoms with E-state index in [2.05, 4.69) is 49.4 Å². The summed E-state index contributed by atoms with van der Waals surface area (Å²) in [6.45, 7) is 3.58. The van der Waals surface area contributed by atoms with Gasteiger partial charge in [0.25, 0.3) is 0 Å². The molecule has 0 unspecified atom stereocenters. The Balaban J connectivity index is 1.30. The maximum atomic E-state index is 12.1. The van der Waals surface area contributed by atoms with Crippen molar-refractivity contribution in [3.63, 3.8) is 0 Å². The second-order valence-corrected chi connectivity index (χ2v) is 6.81. The van der Waals surface area contributed by atoms with Crippen molar-refractivity contribution in [2.24, 2.45) is 0 Å². The lowest BCUT2D eigenvalue weighted by Gasteiger charge is -2.36. The number of carbonyl (C=O) groups is 1. The van der Waals surface area contributed by atoms with Crippen molar-refractivity contribution in [1.82, 2.24) is 9.97 Å². The summed E-state index contributed by atoms with van der Waals surface area (Å²) in [5.74, 6) is 0.484. The van der Waals surface area contributed by atoms with Gasteiger partial charge in [0.15, 0.2) is 0 Å². The Kier molecular flexibility index (Phi) is 5.81. The predicted octanol–water partition coefficient (Wildman–Crippen LogP) is 3.46. The largest absolute Gasteiger partial charge is 0.368 e. The van der Waals surface area contributed by atoms with E-state index in [1.54, 1.807) is 18.5 Å². The van der Waals surface area contributed by atoms with Crippen LogP contribution in [0.15, 0.2) is 79.1 Å². The molecular weight excluding hydrogens is 362 g/mol. The van der Waals surface area contributed by atoms with Crippen molar-refractivity contribution >= 4 is 29.3 Å². The summed E-state index contributed by atoms with van der Waals surface area (Å²) < 4.78 is 0. The Labute approximate surface area is 170 Å². The number of benzene rings is 2. The van der Waals surface area contributed by atoms with E-state index >= 15 is 0 Å². The lowest BCUT2D eigenvalue weighted by atomic mass is 10.2. The molecule has 0 saturated carbocycles. The summed E-state index contributed by atoms with van der Waals surface area (Å²) in [7, 11) is 0. The van der Waals surface area contributed by atoms with Crippen LogP contribution in [0.5, 0.6) is 0 Å². The lowest BCUT2D eigenvalue weighted by Crippen LogP contribution is -2.47. The van der Waals surface area contributed by atoms with Gasteiger partial charge >= 0.3 is 0 Å². The van der Waals surface area contributed by atoms with Crippen LogP contribution < -0.4 is 15.1 Å². The molecule has 1 fully saturated rings. The highest BCUT2D eigenvalue weighted by molar-refractivity contribution is 6.01. The third-order valence-electron chi connectivity index (χ3n) is 4.82. The zero-order valence-corrected chi connectivity index (χ0v) is 16.1. The average Bonchev–Trinajstić information content (AvgIpc) is 2.80. The molecule has 0 radical (unpaired) electrons. The van der Waals surface area contributed by atoms with Gasteiger partial charge in [0.1, 0.15) is 0 Å². The first-order chi connectivity index (χ1) is 14.3. The molecule has 6 heteroatoms. The van der Waals surface area contributed by atoms with E-state index in [0.29, 0.717) is 11.6 Å². The molecule has 0 spiro atoms. The summed E-state index contributed by atoms with van der Waals surface area (Å²) in [5, 5.41) is 2.79. The van der Waals surface area contributed by atoms with Crippen LogP contribution in [0.1, 0.15) is 5.56 Å². The van der Waals surface area contributed by atoms with E-state index in [4.69, 9.17) is 0 Å². The Hall–Kier alpha value is -3.67. The second kappa shape index (κ2) is 9.01. The maximum Gasteiger partial charge on any atom is 0.248 e. The topological polar surface area (TPSA) is 61.4 Å². The number of nitrogens with zero attached hydrogens (tertiary/aromatic N) is 4. The highest BCUT2D eigenvalue weighted by Crippen LogP contribution is 2.18. The van der Waals surface area contributed by atoms with Crippen LogP contribution in [0.2, 0.25) is 0 Å². The molecule has 0 aliphatic carbocycles. The zero-order valence-electron chi connectivity index (χ0n) is 16.1. The molecule has 4 rings (SSSR count). The van der Waals surface area contributed by atoms with Gasteiger partial charge in [-0.05, 0) is 23.8 Å². The van der Waals surface area contributed by atoms with E-state index in [1.807, 2.05) is 36.4 Å². The first kappa shape index (κ1) is 18.7. The Morgan fingerprint density at radius 3 is 2.07 bits per heavy atom. The Bertz CT molecular complexity index is 950. The van der Waals surface area contributed by atoms with Gasteiger partial charge in [0, 0.05) is 37.9 Å². The summed E-state index contributed by atoms with van der Waals surface area (Å²) in [6, 6.07) is 20.1. The fourth-order valence-corrected chi connectivity index (χ4v) is 3.27.